The third kappa shape index (κ3) is 4.71. The Bertz CT molecular complexity index is 935. The van der Waals surface area contributed by atoms with Crippen LogP contribution in [-0.2, 0) is 16.2 Å². The van der Waals surface area contributed by atoms with Crippen LogP contribution in [0.15, 0.2) is 47.4 Å². The van der Waals surface area contributed by atoms with Crippen molar-refractivity contribution in [3.8, 4) is 11.1 Å². The van der Waals surface area contributed by atoms with Crippen molar-refractivity contribution >= 4 is 10.0 Å². The number of alkyl halides is 3. The molecule has 0 bridgehead atoms. The lowest BCUT2D eigenvalue weighted by Crippen LogP contribution is -2.38. The summed E-state index contributed by atoms with van der Waals surface area (Å²) in [5, 5.41) is 9.49. The van der Waals surface area contributed by atoms with Gasteiger partial charge in [-0.3, -0.25) is 0 Å². The van der Waals surface area contributed by atoms with Gasteiger partial charge in [-0.05, 0) is 55.5 Å². The summed E-state index contributed by atoms with van der Waals surface area (Å²) < 4.78 is 79.9. The van der Waals surface area contributed by atoms with E-state index in [-0.39, 0.29) is 22.1 Å². The minimum Gasteiger partial charge on any atom is -0.393 e. The van der Waals surface area contributed by atoms with Crippen LogP contribution in [0.5, 0.6) is 0 Å². The molecule has 0 heterocycles. The molecule has 0 atom stereocenters. The molecule has 9 heteroatoms. The summed E-state index contributed by atoms with van der Waals surface area (Å²) in [7, 11) is -3.95. The number of sulfonamides is 1. The van der Waals surface area contributed by atoms with Gasteiger partial charge in [-0.25, -0.2) is 17.5 Å². The molecular formula is C19H19F4NO3S. The van der Waals surface area contributed by atoms with Gasteiger partial charge in [0.2, 0.25) is 10.0 Å². The molecule has 1 aliphatic carbocycles. The summed E-state index contributed by atoms with van der Waals surface area (Å²) in [6, 6.07) is 6.95. The van der Waals surface area contributed by atoms with Crippen LogP contribution in [0.4, 0.5) is 17.6 Å². The number of hydrogen-bond acceptors (Lipinski definition) is 3. The monoisotopic (exact) mass is 417 g/mol. The van der Waals surface area contributed by atoms with E-state index in [1.807, 2.05) is 0 Å². The van der Waals surface area contributed by atoms with Crippen molar-refractivity contribution in [2.45, 2.75) is 48.9 Å². The molecule has 28 heavy (non-hydrogen) atoms. The fourth-order valence-corrected chi connectivity index (χ4v) is 4.53. The molecule has 0 amide bonds. The number of benzene rings is 2. The fourth-order valence-electron chi connectivity index (χ4n) is 3.22. The van der Waals surface area contributed by atoms with Gasteiger partial charge < -0.3 is 5.11 Å². The van der Waals surface area contributed by atoms with Crippen molar-refractivity contribution in [3.63, 3.8) is 0 Å². The molecule has 2 aromatic carbocycles. The Hall–Kier alpha value is -1.97. The summed E-state index contributed by atoms with van der Waals surface area (Å²) in [6.45, 7) is 0. The van der Waals surface area contributed by atoms with Crippen LogP contribution >= 0.6 is 0 Å². The lowest BCUT2D eigenvalue weighted by Gasteiger charge is -2.26. The van der Waals surface area contributed by atoms with Crippen molar-refractivity contribution < 1.29 is 31.1 Å². The standard InChI is InChI=1S/C19H19F4NO3S/c20-18-11-16(28(26,27)24-14-5-7-15(25)8-6-14)9-10-17(18)12-1-3-13(4-2-12)19(21,22)23/h1-4,9-11,14-15,24-25H,5-8H2. The number of hydrogen-bond donors (Lipinski definition) is 2. The first-order valence-electron chi connectivity index (χ1n) is 8.74. The van der Waals surface area contributed by atoms with Crippen molar-refractivity contribution in [1.82, 2.24) is 4.72 Å². The molecule has 1 aliphatic rings. The van der Waals surface area contributed by atoms with Crippen molar-refractivity contribution in [2.24, 2.45) is 0 Å². The Morgan fingerprint density at radius 3 is 2.11 bits per heavy atom. The fraction of sp³-hybridized carbons (Fsp3) is 0.368. The van der Waals surface area contributed by atoms with Crippen molar-refractivity contribution in [1.29, 1.82) is 0 Å². The summed E-state index contributed by atoms with van der Waals surface area (Å²) in [5.41, 5.74) is -0.630. The minimum atomic E-state index is -4.49. The minimum absolute atomic E-state index is 0.00784. The van der Waals surface area contributed by atoms with Gasteiger partial charge >= 0.3 is 6.18 Å². The highest BCUT2D eigenvalue weighted by Crippen LogP contribution is 2.32. The zero-order chi connectivity index (χ0) is 20.5. The maximum Gasteiger partial charge on any atom is 0.416 e. The van der Waals surface area contributed by atoms with Crippen LogP contribution in [0.3, 0.4) is 0 Å². The molecule has 3 rings (SSSR count). The van der Waals surface area contributed by atoms with Gasteiger partial charge in [-0.2, -0.15) is 13.2 Å². The molecular weight excluding hydrogens is 398 g/mol. The highest BCUT2D eigenvalue weighted by Gasteiger charge is 2.30. The molecule has 1 fully saturated rings. The zero-order valence-electron chi connectivity index (χ0n) is 14.7. The van der Waals surface area contributed by atoms with Gasteiger partial charge in [0.25, 0.3) is 0 Å². The van der Waals surface area contributed by atoms with Crippen LogP contribution in [0, 0.1) is 5.82 Å². The number of halogens is 4. The molecule has 0 aromatic heterocycles. The summed E-state index contributed by atoms with van der Waals surface area (Å²) in [6.07, 6.45) is -2.95. The average Bonchev–Trinajstić information content (AvgIpc) is 2.63. The van der Waals surface area contributed by atoms with Gasteiger partial charge in [0.1, 0.15) is 5.82 Å². The highest BCUT2D eigenvalue weighted by molar-refractivity contribution is 7.89. The van der Waals surface area contributed by atoms with E-state index < -0.39 is 33.7 Å². The van der Waals surface area contributed by atoms with Crippen LogP contribution < -0.4 is 4.72 Å². The maximum atomic E-state index is 14.5. The van der Waals surface area contributed by atoms with E-state index in [2.05, 4.69) is 4.72 Å². The molecule has 152 valence electrons. The van der Waals surface area contributed by atoms with E-state index in [0.29, 0.717) is 25.7 Å². The molecule has 1 saturated carbocycles. The van der Waals surface area contributed by atoms with Gasteiger partial charge in [-0.1, -0.05) is 18.2 Å². The van der Waals surface area contributed by atoms with E-state index in [9.17, 15) is 31.1 Å². The largest absolute Gasteiger partial charge is 0.416 e. The molecule has 0 aliphatic heterocycles. The number of aliphatic hydroxyl groups excluding tert-OH is 1. The van der Waals surface area contributed by atoms with Crippen LogP contribution in [0.25, 0.3) is 11.1 Å². The van der Waals surface area contributed by atoms with Crippen LogP contribution in [0.2, 0.25) is 0 Å². The molecule has 0 radical (unpaired) electrons. The van der Waals surface area contributed by atoms with Crippen molar-refractivity contribution in [2.75, 3.05) is 0 Å². The normalized spacial score (nSPS) is 20.9. The molecule has 2 N–H and O–H groups in total. The van der Waals surface area contributed by atoms with E-state index in [1.54, 1.807) is 0 Å². The first-order valence-corrected chi connectivity index (χ1v) is 10.2. The second-order valence-electron chi connectivity index (χ2n) is 6.84. The quantitative estimate of drug-likeness (QED) is 0.737. The number of rotatable bonds is 4. The lowest BCUT2D eigenvalue weighted by molar-refractivity contribution is -0.137. The highest BCUT2D eigenvalue weighted by atomic mass is 32.2. The second kappa shape index (κ2) is 7.81. The lowest BCUT2D eigenvalue weighted by atomic mass is 9.94. The van der Waals surface area contributed by atoms with E-state index in [4.69, 9.17) is 0 Å². The topological polar surface area (TPSA) is 66.4 Å². The Balaban J connectivity index is 1.80. The third-order valence-corrected chi connectivity index (χ3v) is 6.31. The Labute approximate surface area is 160 Å². The molecule has 2 aromatic rings. The van der Waals surface area contributed by atoms with Crippen molar-refractivity contribution in [3.05, 3.63) is 53.8 Å². The van der Waals surface area contributed by atoms with Gasteiger partial charge in [0, 0.05) is 11.6 Å². The average molecular weight is 417 g/mol. The van der Waals surface area contributed by atoms with Crippen LogP contribution in [-0.4, -0.2) is 25.7 Å². The number of nitrogens with one attached hydrogen (secondary N) is 1. The SMILES string of the molecule is O=S(=O)(NC1CCC(O)CC1)c1ccc(-c2ccc(C(F)(F)F)cc2)c(F)c1. The third-order valence-electron chi connectivity index (χ3n) is 4.79. The maximum absolute atomic E-state index is 14.5. The molecule has 0 spiro atoms. The number of aliphatic hydroxyl groups is 1. The smallest absolute Gasteiger partial charge is 0.393 e. The second-order valence-corrected chi connectivity index (χ2v) is 8.56. The summed E-state index contributed by atoms with van der Waals surface area (Å²) in [5.74, 6) is -0.846. The molecule has 0 unspecified atom stereocenters. The van der Waals surface area contributed by atoms with E-state index in [0.717, 1.165) is 30.3 Å². The zero-order valence-corrected chi connectivity index (χ0v) is 15.5. The van der Waals surface area contributed by atoms with E-state index >= 15 is 0 Å². The van der Waals surface area contributed by atoms with Gasteiger partial charge in [0.15, 0.2) is 0 Å². The van der Waals surface area contributed by atoms with E-state index in [1.165, 1.54) is 12.1 Å². The summed E-state index contributed by atoms with van der Waals surface area (Å²) in [4.78, 5) is -0.258. The predicted octanol–water partition coefficient (Wildman–Crippen LogP) is 4.09. The Morgan fingerprint density at radius 2 is 1.57 bits per heavy atom. The molecule has 0 saturated heterocycles. The Kier molecular flexibility index (Phi) is 5.79. The Morgan fingerprint density at radius 1 is 0.964 bits per heavy atom. The first-order chi connectivity index (χ1) is 13.1. The van der Waals surface area contributed by atoms with Gasteiger partial charge in [0.05, 0.1) is 16.6 Å². The van der Waals surface area contributed by atoms with Gasteiger partial charge in [-0.15, -0.1) is 0 Å². The predicted molar refractivity (Wildman–Crippen MR) is 95.4 cm³/mol. The first kappa shape index (κ1) is 20.8. The summed E-state index contributed by atoms with van der Waals surface area (Å²) >= 11 is 0. The molecule has 4 nitrogen and oxygen atoms in total. The van der Waals surface area contributed by atoms with Crippen LogP contribution in [0.1, 0.15) is 31.2 Å².